The van der Waals surface area contributed by atoms with Crippen LogP contribution in [0.3, 0.4) is 0 Å². The van der Waals surface area contributed by atoms with E-state index in [2.05, 4.69) is 10.3 Å². The largest absolute Gasteiger partial charge is 0.324 e. The summed E-state index contributed by atoms with van der Waals surface area (Å²) in [5, 5.41) is 8.08. The van der Waals surface area contributed by atoms with Crippen molar-refractivity contribution in [1.29, 1.82) is 0 Å². The van der Waals surface area contributed by atoms with Gasteiger partial charge in [0.15, 0.2) is 0 Å². The summed E-state index contributed by atoms with van der Waals surface area (Å²) < 4.78 is 22.7. The number of hydrogen-bond acceptors (Lipinski definition) is 4. The molecule has 7 heteroatoms. The molecule has 25 heavy (non-hydrogen) atoms. The number of nitrogens with one attached hydrogen (secondary N) is 1. The lowest BCUT2D eigenvalue weighted by Crippen LogP contribution is -2.17. The molecule has 132 valence electrons. The van der Waals surface area contributed by atoms with Crippen LogP contribution in [0.4, 0.5) is 5.69 Å². The van der Waals surface area contributed by atoms with Gasteiger partial charge in [-0.15, -0.1) is 0 Å². The summed E-state index contributed by atoms with van der Waals surface area (Å²) in [7, 11) is -3.72. The average molecular weight is 359 g/mol. The van der Waals surface area contributed by atoms with Crippen molar-refractivity contribution in [3.8, 4) is 0 Å². The maximum atomic E-state index is 12.7. The van der Waals surface area contributed by atoms with Crippen molar-refractivity contribution < 1.29 is 13.2 Å². The van der Waals surface area contributed by atoms with E-state index < -0.39 is 10.0 Å². The molecular weight excluding hydrogens is 338 g/mol. The molecular formula is C18H21N3O3S. The first-order valence-corrected chi connectivity index (χ1v) is 9.52. The molecule has 0 saturated heterocycles. The lowest BCUT2D eigenvalue weighted by Gasteiger charge is -2.08. The summed E-state index contributed by atoms with van der Waals surface area (Å²) in [5.41, 5.74) is 2.20. The van der Waals surface area contributed by atoms with E-state index in [-0.39, 0.29) is 28.1 Å². The Hall–Kier alpha value is -2.25. The summed E-state index contributed by atoms with van der Waals surface area (Å²) in [5.74, 6) is -0.215. The van der Waals surface area contributed by atoms with Gasteiger partial charge in [-0.2, -0.15) is 0 Å². The summed E-state index contributed by atoms with van der Waals surface area (Å²) in [4.78, 5) is 16.9. The number of primary sulfonamides is 1. The molecule has 0 bridgehead atoms. The standard InChI is InChI=1S/C18H21N3O3S/c1-11-14(5-4-10-20-11)21-17(22)16-15(18(16,2)3)12-6-8-13(9-7-12)25(19,23)24/h4-10,15-16H,1-3H3,(H,21,22)(H2,19,23,24)/t15-,16+/m0/s1. The fraction of sp³-hybridized carbons (Fsp3) is 0.333. The van der Waals surface area contributed by atoms with Gasteiger partial charge in [-0.05, 0) is 42.2 Å². The van der Waals surface area contributed by atoms with Crippen molar-refractivity contribution in [2.45, 2.75) is 31.6 Å². The van der Waals surface area contributed by atoms with Gasteiger partial charge in [-0.25, -0.2) is 13.6 Å². The predicted octanol–water partition coefficient (Wildman–Crippen LogP) is 2.42. The van der Waals surface area contributed by atoms with Gasteiger partial charge in [0.05, 0.1) is 22.2 Å². The van der Waals surface area contributed by atoms with E-state index in [0.29, 0.717) is 5.69 Å². The van der Waals surface area contributed by atoms with E-state index in [9.17, 15) is 13.2 Å². The molecule has 1 amide bonds. The molecule has 2 aromatic rings. The molecule has 2 atom stereocenters. The minimum absolute atomic E-state index is 0.0269. The zero-order valence-corrected chi connectivity index (χ0v) is 15.2. The van der Waals surface area contributed by atoms with E-state index in [0.717, 1.165) is 11.3 Å². The minimum Gasteiger partial charge on any atom is -0.324 e. The smallest absolute Gasteiger partial charge is 0.238 e. The second kappa shape index (κ2) is 5.93. The minimum atomic E-state index is -3.72. The van der Waals surface area contributed by atoms with Gasteiger partial charge in [-0.3, -0.25) is 9.78 Å². The molecule has 1 aromatic carbocycles. The maximum absolute atomic E-state index is 12.7. The number of carbonyl (C=O) groups is 1. The zero-order chi connectivity index (χ0) is 18.4. The topological polar surface area (TPSA) is 102 Å². The fourth-order valence-corrected chi connectivity index (χ4v) is 3.96. The summed E-state index contributed by atoms with van der Waals surface area (Å²) >= 11 is 0. The van der Waals surface area contributed by atoms with Crippen LogP contribution in [0.15, 0.2) is 47.5 Å². The van der Waals surface area contributed by atoms with Crippen molar-refractivity contribution >= 4 is 21.6 Å². The van der Waals surface area contributed by atoms with Crippen LogP contribution in [-0.4, -0.2) is 19.3 Å². The summed E-state index contributed by atoms with van der Waals surface area (Å²) in [6.45, 7) is 5.91. The number of aryl methyl sites for hydroxylation is 1. The van der Waals surface area contributed by atoms with Crippen LogP contribution in [0.1, 0.15) is 31.0 Å². The van der Waals surface area contributed by atoms with Crippen LogP contribution in [0.2, 0.25) is 0 Å². The number of sulfonamides is 1. The normalized spacial score (nSPS) is 21.6. The number of amides is 1. The molecule has 1 aliphatic rings. The second-order valence-corrected chi connectivity index (χ2v) is 8.58. The number of anilines is 1. The number of pyridine rings is 1. The van der Waals surface area contributed by atoms with E-state index in [1.165, 1.54) is 12.1 Å². The highest BCUT2D eigenvalue weighted by Gasteiger charge is 2.62. The van der Waals surface area contributed by atoms with Gasteiger partial charge in [0.25, 0.3) is 0 Å². The lowest BCUT2D eigenvalue weighted by atomic mass is 10.0. The third-order valence-corrected chi connectivity index (χ3v) is 5.87. The Morgan fingerprint density at radius 2 is 1.84 bits per heavy atom. The highest BCUT2D eigenvalue weighted by Crippen LogP contribution is 2.64. The number of aromatic nitrogens is 1. The van der Waals surface area contributed by atoms with Crippen molar-refractivity contribution in [3.63, 3.8) is 0 Å². The molecule has 1 heterocycles. The third kappa shape index (κ3) is 3.29. The van der Waals surface area contributed by atoms with E-state index >= 15 is 0 Å². The molecule has 3 N–H and O–H groups in total. The number of nitrogens with zero attached hydrogens (tertiary/aromatic N) is 1. The van der Waals surface area contributed by atoms with Gasteiger partial charge >= 0.3 is 0 Å². The predicted molar refractivity (Wildman–Crippen MR) is 95.4 cm³/mol. The highest BCUT2D eigenvalue weighted by atomic mass is 32.2. The quantitative estimate of drug-likeness (QED) is 0.875. The Bertz CT molecular complexity index is 921. The first-order valence-electron chi connectivity index (χ1n) is 7.97. The molecule has 0 spiro atoms. The Balaban J connectivity index is 1.80. The summed E-state index contributed by atoms with van der Waals surface area (Å²) in [6.07, 6.45) is 1.68. The maximum Gasteiger partial charge on any atom is 0.238 e. The monoisotopic (exact) mass is 359 g/mol. The van der Waals surface area contributed by atoms with E-state index in [4.69, 9.17) is 5.14 Å². The number of rotatable bonds is 4. The average Bonchev–Trinajstić information content (AvgIpc) is 3.11. The molecule has 1 aromatic heterocycles. The molecule has 0 radical (unpaired) electrons. The highest BCUT2D eigenvalue weighted by molar-refractivity contribution is 7.89. The van der Waals surface area contributed by atoms with Gasteiger partial charge < -0.3 is 5.32 Å². The van der Waals surface area contributed by atoms with Gasteiger partial charge in [0.1, 0.15) is 0 Å². The van der Waals surface area contributed by atoms with Gasteiger partial charge in [-0.1, -0.05) is 26.0 Å². The zero-order valence-electron chi connectivity index (χ0n) is 14.4. The molecule has 1 fully saturated rings. The number of nitrogens with two attached hydrogens (primary N) is 1. The van der Waals surface area contributed by atoms with E-state index in [1.807, 2.05) is 26.8 Å². The van der Waals surface area contributed by atoms with Crippen molar-refractivity contribution in [2.24, 2.45) is 16.5 Å². The van der Waals surface area contributed by atoms with Crippen LogP contribution in [0.5, 0.6) is 0 Å². The van der Waals surface area contributed by atoms with Crippen LogP contribution in [-0.2, 0) is 14.8 Å². The molecule has 1 saturated carbocycles. The fourth-order valence-electron chi connectivity index (χ4n) is 3.44. The Kier molecular flexibility index (Phi) is 4.17. The molecule has 3 rings (SSSR count). The van der Waals surface area contributed by atoms with Gasteiger partial charge in [0, 0.05) is 12.1 Å². The van der Waals surface area contributed by atoms with Crippen molar-refractivity contribution in [1.82, 2.24) is 4.98 Å². The summed E-state index contributed by atoms with van der Waals surface area (Å²) in [6, 6.07) is 10.0. The SMILES string of the molecule is Cc1ncccc1NC(=O)[C@H]1[C@H](c2ccc(S(N)(=O)=O)cc2)C1(C)C. The Morgan fingerprint density at radius 3 is 2.40 bits per heavy atom. The number of benzene rings is 1. The lowest BCUT2D eigenvalue weighted by molar-refractivity contribution is -0.118. The first-order chi connectivity index (χ1) is 11.6. The molecule has 6 nitrogen and oxygen atoms in total. The molecule has 0 unspecified atom stereocenters. The van der Waals surface area contributed by atoms with Crippen LogP contribution >= 0.6 is 0 Å². The number of hydrogen-bond donors (Lipinski definition) is 2. The molecule has 0 aliphatic heterocycles. The van der Waals surface area contributed by atoms with E-state index in [1.54, 1.807) is 24.4 Å². The number of carbonyl (C=O) groups excluding carboxylic acids is 1. The third-order valence-electron chi connectivity index (χ3n) is 4.94. The van der Waals surface area contributed by atoms with Crippen LogP contribution in [0.25, 0.3) is 0 Å². The second-order valence-electron chi connectivity index (χ2n) is 7.02. The molecule has 1 aliphatic carbocycles. The van der Waals surface area contributed by atoms with Crippen LogP contribution in [0, 0.1) is 18.3 Å². The van der Waals surface area contributed by atoms with Crippen molar-refractivity contribution in [2.75, 3.05) is 5.32 Å². The first kappa shape index (κ1) is 17.6. The Labute approximate surface area is 147 Å². The van der Waals surface area contributed by atoms with Crippen LogP contribution < -0.4 is 10.5 Å². The van der Waals surface area contributed by atoms with Gasteiger partial charge in [0.2, 0.25) is 15.9 Å². The van der Waals surface area contributed by atoms with Crippen molar-refractivity contribution in [3.05, 3.63) is 53.9 Å². The Morgan fingerprint density at radius 1 is 1.20 bits per heavy atom.